The Morgan fingerprint density at radius 3 is 2.83 bits per heavy atom. The Morgan fingerprint density at radius 1 is 1.48 bits per heavy atom. The van der Waals surface area contributed by atoms with Crippen molar-refractivity contribution < 1.29 is 14.3 Å². The molecular formula is C16H26N4O3. The van der Waals surface area contributed by atoms with E-state index in [2.05, 4.69) is 22.4 Å². The number of H-pyrrole nitrogens is 1. The molecule has 7 nitrogen and oxygen atoms in total. The van der Waals surface area contributed by atoms with Crippen LogP contribution >= 0.6 is 0 Å². The Bertz CT molecular complexity index is 536. The summed E-state index contributed by atoms with van der Waals surface area (Å²) in [5, 5.41) is 9.32. The van der Waals surface area contributed by atoms with Gasteiger partial charge < -0.3 is 15.0 Å². The maximum atomic E-state index is 12.6. The van der Waals surface area contributed by atoms with Gasteiger partial charge in [-0.15, -0.1) is 0 Å². The van der Waals surface area contributed by atoms with E-state index < -0.39 is 11.7 Å². The molecule has 1 aromatic rings. The fourth-order valence-corrected chi connectivity index (χ4v) is 2.76. The minimum Gasteiger partial charge on any atom is -0.444 e. The van der Waals surface area contributed by atoms with E-state index >= 15 is 0 Å². The minimum absolute atomic E-state index is 0.0398. The van der Waals surface area contributed by atoms with Crippen molar-refractivity contribution in [2.45, 2.75) is 52.2 Å². The molecule has 128 valence electrons. The van der Waals surface area contributed by atoms with E-state index in [0.29, 0.717) is 24.7 Å². The Labute approximate surface area is 136 Å². The molecule has 0 saturated carbocycles. The molecular weight excluding hydrogens is 296 g/mol. The van der Waals surface area contributed by atoms with Gasteiger partial charge >= 0.3 is 6.09 Å². The maximum absolute atomic E-state index is 12.6. The third-order valence-corrected chi connectivity index (χ3v) is 3.85. The van der Waals surface area contributed by atoms with E-state index in [1.807, 2.05) is 25.7 Å². The Balaban J connectivity index is 1.98. The third kappa shape index (κ3) is 4.97. The SMILES string of the molecule is C[C@H]1CCN(C(=O)c2ccn[nH]2)[C@H](CNC(=O)OC(C)(C)C)C1. The number of rotatable bonds is 3. The van der Waals surface area contributed by atoms with Crippen molar-refractivity contribution in [3.63, 3.8) is 0 Å². The van der Waals surface area contributed by atoms with Crippen molar-refractivity contribution >= 4 is 12.0 Å². The number of alkyl carbamates (subject to hydrolysis) is 1. The zero-order valence-corrected chi connectivity index (χ0v) is 14.3. The normalized spacial score (nSPS) is 21.8. The van der Waals surface area contributed by atoms with E-state index in [9.17, 15) is 9.59 Å². The number of nitrogens with zero attached hydrogens (tertiary/aromatic N) is 2. The zero-order valence-electron chi connectivity index (χ0n) is 14.3. The van der Waals surface area contributed by atoms with E-state index in [4.69, 9.17) is 4.74 Å². The molecule has 0 radical (unpaired) electrons. The van der Waals surface area contributed by atoms with Crippen molar-refractivity contribution in [3.8, 4) is 0 Å². The number of hydrogen-bond acceptors (Lipinski definition) is 4. The molecule has 1 aliphatic heterocycles. The highest BCUT2D eigenvalue weighted by atomic mass is 16.6. The van der Waals surface area contributed by atoms with Crippen LogP contribution in [-0.2, 0) is 4.74 Å². The molecule has 7 heteroatoms. The monoisotopic (exact) mass is 322 g/mol. The third-order valence-electron chi connectivity index (χ3n) is 3.85. The molecule has 0 aliphatic carbocycles. The summed E-state index contributed by atoms with van der Waals surface area (Å²) in [5.74, 6) is 0.441. The topological polar surface area (TPSA) is 87.3 Å². The molecule has 0 unspecified atom stereocenters. The summed E-state index contributed by atoms with van der Waals surface area (Å²) in [5.41, 5.74) is -0.0585. The molecule has 0 aromatic carbocycles. The van der Waals surface area contributed by atoms with Gasteiger partial charge in [-0.05, 0) is 45.6 Å². The smallest absolute Gasteiger partial charge is 0.407 e. The molecule has 0 spiro atoms. The van der Waals surface area contributed by atoms with Crippen LogP contribution in [-0.4, -0.2) is 51.8 Å². The van der Waals surface area contributed by atoms with Crippen molar-refractivity contribution in [1.82, 2.24) is 20.4 Å². The number of aromatic nitrogens is 2. The van der Waals surface area contributed by atoms with Gasteiger partial charge in [0.2, 0.25) is 0 Å². The first kappa shape index (κ1) is 17.3. The average molecular weight is 322 g/mol. The standard InChI is InChI=1S/C16H26N4O3/c1-11-6-8-20(14(21)13-5-7-18-19-13)12(9-11)10-17-15(22)23-16(2,3)4/h5,7,11-12H,6,8-10H2,1-4H3,(H,17,22)(H,18,19)/t11-,12-/m0/s1. The molecule has 2 amide bonds. The lowest BCUT2D eigenvalue weighted by molar-refractivity contribution is 0.0434. The molecule has 23 heavy (non-hydrogen) atoms. The van der Waals surface area contributed by atoms with Crippen molar-refractivity contribution in [2.24, 2.45) is 5.92 Å². The molecule has 2 N–H and O–H groups in total. The Hall–Kier alpha value is -2.05. The quantitative estimate of drug-likeness (QED) is 0.893. The highest BCUT2D eigenvalue weighted by Gasteiger charge is 2.31. The fraction of sp³-hybridized carbons (Fsp3) is 0.688. The van der Waals surface area contributed by atoms with Crippen LogP contribution in [0.3, 0.4) is 0 Å². The van der Waals surface area contributed by atoms with Gasteiger partial charge in [0.15, 0.2) is 0 Å². The summed E-state index contributed by atoms with van der Waals surface area (Å²) >= 11 is 0. The molecule has 1 fully saturated rings. The Morgan fingerprint density at radius 2 is 2.22 bits per heavy atom. The van der Waals surface area contributed by atoms with Gasteiger partial charge in [-0.3, -0.25) is 9.89 Å². The van der Waals surface area contributed by atoms with E-state index in [1.54, 1.807) is 12.3 Å². The van der Waals surface area contributed by atoms with Crippen molar-refractivity contribution in [3.05, 3.63) is 18.0 Å². The van der Waals surface area contributed by atoms with Gasteiger partial charge in [0.1, 0.15) is 11.3 Å². The first-order valence-electron chi connectivity index (χ1n) is 8.03. The van der Waals surface area contributed by atoms with E-state index in [0.717, 1.165) is 12.8 Å². The number of piperidine rings is 1. The summed E-state index contributed by atoms with van der Waals surface area (Å²) in [4.78, 5) is 26.2. The van der Waals surface area contributed by atoms with Gasteiger partial charge in [-0.1, -0.05) is 6.92 Å². The fourth-order valence-electron chi connectivity index (χ4n) is 2.76. The molecule has 1 aromatic heterocycles. The zero-order chi connectivity index (χ0) is 17.0. The summed E-state index contributed by atoms with van der Waals surface area (Å²) in [7, 11) is 0. The second kappa shape index (κ2) is 7.02. The summed E-state index contributed by atoms with van der Waals surface area (Å²) < 4.78 is 5.25. The minimum atomic E-state index is -0.532. The number of ether oxygens (including phenoxy) is 1. The van der Waals surface area contributed by atoms with Gasteiger partial charge in [0, 0.05) is 25.3 Å². The van der Waals surface area contributed by atoms with Crippen molar-refractivity contribution in [2.75, 3.05) is 13.1 Å². The number of likely N-dealkylation sites (tertiary alicyclic amines) is 1. The van der Waals surface area contributed by atoms with Crippen LogP contribution in [0.15, 0.2) is 12.3 Å². The number of carbonyl (C=O) groups excluding carboxylic acids is 2. The van der Waals surface area contributed by atoms with Gasteiger partial charge in [0.25, 0.3) is 5.91 Å². The van der Waals surface area contributed by atoms with Crippen LogP contribution in [0.1, 0.15) is 51.0 Å². The highest BCUT2D eigenvalue weighted by Crippen LogP contribution is 2.23. The molecule has 1 aliphatic rings. The van der Waals surface area contributed by atoms with Crippen LogP contribution in [0, 0.1) is 5.92 Å². The Kier molecular flexibility index (Phi) is 5.28. The van der Waals surface area contributed by atoms with Crippen LogP contribution in [0.25, 0.3) is 0 Å². The lowest BCUT2D eigenvalue weighted by Gasteiger charge is -2.38. The molecule has 2 rings (SSSR count). The lowest BCUT2D eigenvalue weighted by atomic mass is 9.92. The molecule has 1 saturated heterocycles. The summed E-state index contributed by atoms with van der Waals surface area (Å²) in [6, 6.07) is 1.63. The van der Waals surface area contributed by atoms with Crippen LogP contribution in [0.5, 0.6) is 0 Å². The first-order valence-corrected chi connectivity index (χ1v) is 8.03. The van der Waals surface area contributed by atoms with Crippen LogP contribution in [0.4, 0.5) is 4.79 Å². The number of carbonyl (C=O) groups is 2. The number of aromatic amines is 1. The van der Waals surface area contributed by atoms with E-state index in [1.165, 1.54) is 0 Å². The largest absolute Gasteiger partial charge is 0.444 e. The molecule has 2 atom stereocenters. The average Bonchev–Trinajstić information content (AvgIpc) is 2.97. The summed E-state index contributed by atoms with van der Waals surface area (Å²) in [6.07, 6.45) is 2.93. The summed E-state index contributed by atoms with van der Waals surface area (Å²) in [6.45, 7) is 8.70. The number of nitrogens with one attached hydrogen (secondary N) is 2. The van der Waals surface area contributed by atoms with Crippen LogP contribution in [0.2, 0.25) is 0 Å². The van der Waals surface area contributed by atoms with Crippen molar-refractivity contribution in [1.29, 1.82) is 0 Å². The van der Waals surface area contributed by atoms with Gasteiger partial charge in [-0.2, -0.15) is 5.10 Å². The van der Waals surface area contributed by atoms with Gasteiger partial charge in [-0.25, -0.2) is 4.79 Å². The number of amides is 2. The lowest BCUT2D eigenvalue weighted by Crippen LogP contribution is -2.51. The predicted octanol–water partition coefficient (Wildman–Crippen LogP) is 2.18. The van der Waals surface area contributed by atoms with Crippen LogP contribution < -0.4 is 5.32 Å². The van der Waals surface area contributed by atoms with E-state index in [-0.39, 0.29) is 11.9 Å². The number of hydrogen-bond donors (Lipinski definition) is 2. The highest BCUT2D eigenvalue weighted by molar-refractivity contribution is 5.92. The molecule has 0 bridgehead atoms. The predicted molar refractivity (Wildman–Crippen MR) is 86.0 cm³/mol. The second-order valence-corrected chi connectivity index (χ2v) is 7.14. The van der Waals surface area contributed by atoms with Gasteiger partial charge in [0.05, 0.1) is 0 Å². The molecule has 2 heterocycles. The first-order chi connectivity index (χ1) is 10.8. The second-order valence-electron chi connectivity index (χ2n) is 7.14. The maximum Gasteiger partial charge on any atom is 0.407 e.